The highest BCUT2D eigenvalue weighted by Crippen LogP contribution is 2.22. The van der Waals surface area contributed by atoms with Gasteiger partial charge in [0, 0.05) is 0 Å². The van der Waals surface area contributed by atoms with E-state index in [0.29, 0.717) is 23.4 Å². The van der Waals surface area contributed by atoms with Gasteiger partial charge < -0.3 is 4.42 Å². The van der Waals surface area contributed by atoms with Gasteiger partial charge in [0.2, 0.25) is 0 Å². The Morgan fingerprint density at radius 1 is 1.50 bits per heavy atom. The third-order valence-electron chi connectivity index (χ3n) is 2.63. The molecule has 18 heavy (non-hydrogen) atoms. The summed E-state index contributed by atoms with van der Waals surface area (Å²) >= 11 is 0. The molecule has 0 radical (unpaired) electrons. The van der Waals surface area contributed by atoms with Crippen LogP contribution in [0, 0.1) is 24.0 Å². The summed E-state index contributed by atoms with van der Waals surface area (Å²) in [6.07, 6.45) is 0.604. The zero-order valence-corrected chi connectivity index (χ0v) is 9.91. The largest absolute Gasteiger partial charge is 0.456 e. The highest BCUT2D eigenvalue weighted by molar-refractivity contribution is 5.70. The minimum Gasteiger partial charge on any atom is -0.456 e. The molecular formula is C11H11N3O4. The molecule has 7 nitrogen and oxygen atoms in total. The summed E-state index contributed by atoms with van der Waals surface area (Å²) in [4.78, 5) is 20.9. The maximum atomic E-state index is 10.8. The van der Waals surface area contributed by atoms with Crippen LogP contribution in [0.3, 0.4) is 0 Å². The number of nitrogens with zero attached hydrogens (tertiary/aromatic N) is 3. The van der Waals surface area contributed by atoms with Gasteiger partial charge in [-0.25, -0.2) is 0 Å². The van der Waals surface area contributed by atoms with Crippen molar-refractivity contribution in [1.82, 2.24) is 9.78 Å². The molecule has 0 bridgehead atoms. The number of rotatable bonds is 4. The molecular weight excluding hydrogens is 238 g/mol. The number of carbonyl (C=O) groups is 1. The molecule has 2 aromatic rings. The van der Waals surface area contributed by atoms with Crippen molar-refractivity contribution < 1.29 is 14.1 Å². The van der Waals surface area contributed by atoms with Gasteiger partial charge in [0.05, 0.1) is 11.5 Å². The summed E-state index contributed by atoms with van der Waals surface area (Å²) in [5.41, 5.74) is 0.832. The molecule has 0 aliphatic rings. The molecule has 0 unspecified atom stereocenters. The Balaban J connectivity index is 2.32. The lowest BCUT2D eigenvalue weighted by Crippen LogP contribution is -2.03. The number of aldehydes is 1. The topological polar surface area (TPSA) is 91.2 Å². The predicted molar refractivity (Wildman–Crippen MR) is 61.6 cm³/mol. The summed E-state index contributed by atoms with van der Waals surface area (Å²) in [6.45, 7) is 3.47. The van der Waals surface area contributed by atoms with Gasteiger partial charge in [-0.3, -0.25) is 19.6 Å². The van der Waals surface area contributed by atoms with Crippen LogP contribution in [0.15, 0.2) is 16.5 Å². The van der Waals surface area contributed by atoms with Crippen molar-refractivity contribution >= 4 is 12.0 Å². The number of hydrogen-bond donors (Lipinski definition) is 0. The SMILES string of the molecule is Cc1nn(Cc2ccc(C=O)o2)c(C)c1[N+](=O)[O-]. The summed E-state index contributed by atoms with van der Waals surface area (Å²) in [5.74, 6) is 0.749. The predicted octanol–water partition coefficient (Wildman–Crippen LogP) is 1.86. The van der Waals surface area contributed by atoms with Crippen molar-refractivity contribution in [1.29, 1.82) is 0 Å². The van der Waals surface area contributed by atoms with Crippen LogP contribution in [0.25, 0.3) is 0 Å². The normalized spacial score (nSPS) is 10.6. The Morgan fingerprint density at radius 2 is 2.22 bits per heavy atom. The van der Waals surface area contributed by atoms with E-state index in [4.69, 9.17) is 4.42 Å². The number of carbonyl (C=O) groups excluding carboxylic acids is 1. The van der Waals surface area contributed by atoms with Crippen molar-refractivity contribution in [2.45, 2.75) is 20.4 Å². The van der Waals surface area contributed by atoms with E-state index in [-0.39, 0.29) is 18.0 Å². The van der Waals surface area contributed by atoms with E-state index in [1.165, 1.54) is 4.68 Å². The van der Waals surface area contributed by atoms with Gasteiger partial charge >= 0.3 is 5.69 Å². The van der Waals surface area contributed by atoms with Crippen molar-refractivity contribution in [3.05, 3.63) is 45.2 Å². The first-order valence-electron chi connectivity index (χ1n) is 5.25. The number of aromatic nitrogens is 2. The maximum Gasteiger partial charge on any atom is 0.312 e. The van der Waals surface area contributed by atoms with E-state index in [2.05, 4.69) is 5.10 Å². The number of hydrogen-bond acceptors (Lipinski definition) is 5. The fourth-order valence-corrected chi connectivity index (χ4v) is 1.80. The zero-order chi connectivity index (χ0) is 13.3. The van der Waals surface area contributed by atoms with Crippen LogP contribution >= 0.6 is 0 Å². The highest BCUT2D eigenvalue weighted by Gasteiger charge is 2.22. The molecule has 0 amide bonds. The van der Waals surface area contributed by atoms with E-state index in [1.54, 1.807) is 26.0 Å². The molecule has 2 heterocycles. The first-order valence-corrected chi connectivity index (χ1v) is 5.25. The fourth-order valence-electron chi connectivity index (χ4n) is 1.80. The molecule has 2 aromatic heterocycles. The number of aryl methyl sites for hydroxylation is 1. The fraction of sp³-hybridized carbons (Fsp3) is 0.273. The lowest BCUT2D eigenvalue weighted by atomic mass is 10.3. The van der Waals surface area contributed by atoms with Crippen molar-refractivity contribution in [2.24, 2.45) is 0 Å². The Hall–Kier alpha value is -2.44. The third-order valence-corrected chi connectivity index (χ3v) is 2.63. The molecule has 2 rings (SSSR count). The maximum absolute atomic E-state index is 10.8. The van der Waals surface area contributed by atoms with Gasteiger partial charge in [0.25, 0.3) is 0 Å². The van der Waals surface area contributed by atoms with E-state index >= 15 is 0 Å². The molecule has 0 aliphatic heterocycles. The minimum absolute atomic E-state index is 0.0113. The third kappa shape index (κ3) is 2.02. The molecule has 94 valence electrons. The van der Waals surface area contributed by atoms with Crippen LogP contribution in [-0.4, -0.2) is 21.0 Å². The van der Waals surface area contributed by atoms with Gasteiger partial charge in [-0.1, -0.05) is 0 Å². The molecule has 0 N–H and O–H groups in total. The Morgan fingerprint density at radius 3 is 2.72 bits per heavy atom. The second-order valence-corrected chi connectivity index (χ2v) is 3.86. The second-order valence-electron chi connectivity index (χ2n) is 3.86. The Bertz CT molecular complexity index is 612. The smallest absolute Gasteiger partial charge is 0.312 e. The average Bonchev–Trinajstić information content (AvgIpc) is 2.85. The summed E-state index contributed by atoms with van der Waals surface area (Å²) in [5, 5.41) is 14.9. The van der Waals surface area contributed by atoms with Crippen molar-refractivity contribution in [3.8, 4) is 0 Å². The van der Waals surface area contributed by atoms with Crippen LogP contribution in [-0.2, 0) is 6.54 Å². The van der Waals surface area contributed by atoms with E-state index in [9.17, 15) is 14.9 Å². The molecule has 0 fully saturated rings. The minimum atomic E-state index is -0.451. The lowest BCUT2D eigenvalue weighted by Gasteiger charge is -1.99. The number of furan rings is 1. The summed E-state index contributed by atoms with van der Waals surface area (Å²) in [7, 11) is 0. The summed E-state index contributed by atoms with van der Waals surface area (Å²) < 4.78 is 6.69. The van der Waals surface area contributed by atoms with Crippen LogP contribution in [0.2, 0.25) is 0 Å². The standard InChI is InChI=1S/C11H11N3O4/c1-7-11(14(16)17)8(2)13(12-7)5-9-3-4-10(6-15)18-9/h3-4,6H,5H2,1-2H3. The van der Waals surface area contributed by atoms with Gasteiger partial charge in [0.1, 0.15) is 17.1 Å². The Kier molecular flexibility index (Phi) is 2.97. The van der Waals surface area contributed by atoms with Crippen LogP contribution in [0.5, 0.6) is 0 Å². The molecule has 7 heteroatoms. The first kappa shape index (κ1) is 12.0. The van der Waals surface area contributed by atoms with Gasteiger partial charge in [0.15, 0.2) is 12.0 Å². The lowest BCUT2D eigenvalue weighted by molar-refractivity contribution is -0.386. The molecule has 0 saturated heterocycles. The average molecular weight is 249 g/mol. The monoisotopic (exact) mass is 249 g/mol. The van der Waals surface area contributed by atoms with Crippen LogP contribution in [0.1, 0.15) is 27.7 Å². The molecule has 0 atom stereocenters. The van der Waals surface area contributed by atoms with Crippen LogP contribution < -0.4 is 0 Å². The van der Waals surface area contributed by atoms with E-state index in [0.717, 1.165) is 0 Å². The number of nitro groups is 1. The van der Waals surface area contributed by atoms with E-state index in [1.807, 2.05) is 0 Å². The molecule has 0 saturated carbocycles. The molecule has 0 aromatic carbocycles. The molecule has 0 aliphatic carbocycles. The van der Waals surface area contributed by atoms with Crippen LogP contribution in [0.4, 0.5) is 5.69 Å². The highest BCUT2D eigenvalue weighted by atomic mass is 16.6. The first-order chi connectivity index (χ1) is 8.52. The zero-order valence-electron chi connectivity index (χ0n) is 9.91. The van der Waals surface area contributed by atoms with Gasteiger partial charge in [-0.2, -0.15) is 5.10 Å². The van der Waals surface area contributed by atoms with Gasteiger partial charge in [-0.15, -0.1) is 0 Å². The van der Waals surface area contributed by atoms with Crippen molar-refractivity contribution in [2.75, 3.05) is 0 Å². The second kappa shape index (κ2) is 4.44. The quantitative estimate of drug-likeness (QED) is 0.468. The van der Waals surface area contributed by atoms with E-state index < -0.39 is 4.92 Å². The van der Waals surface area contributed by atoms with Gasteiger partial charge in [-0.05, 0) is 26.0 Å². The van der Waals surface area contributed by atoms with Crippen molar-refractivity contribution in [3.63, 3.8) is 0 Å². The Labute approximate surface area is 102 Å². The molecule has 0 spiro atoms. The summed E-state index contributed by atoms with van der Waals surface area (Å²) in [6, 6.07) is 3.19.